The fourth-order valence-electron chi connectivity index (χ4n) is 20.9. The lowest BCUT2D eigenvalue weighted by Gasteiger charge is -2.40. The van der Waals surface area contributed by atoms with Crippen LogP contribution in [0.5, 0.6) is 0 Å². The third-order valence-corrected chi connectivity index (χ3v) is 26.1. The number of para-hydroxylation sites is 3. The van der Waals surface area contributed by atoms with Gasteiger partial charge >= 0.3 is 0 Å². The Morgan fingerprint density at radius 3 is 1.44 bits per heavy atom. The molecule has 0 aliphatic heterocycles. The van der Waals surface area contributed by atoms with Gasteiger partial charge in [0, 0.05) is 65.5 Å². The van der Waals surface area contributed by atoms with E-state index in [1.54, 1.807) is 22.3 Å². The molecule has 0 N–H and O–H groups in total. The summed E-state index contributed by atoms with van der Waals surface area (Å²) in [5.74, 6) is 0.106. The first-order chi connectivity index (χ1) is 49.9. The van der Waals surface area contributed by atoms with Gasteiger partial charge in [0.15, 0.2) is 0 Å². The number of hydrogen-bond donors (Lipinski definition) is 0. The second kappa shape index (κ2) is 27.0. The van der Waals surface area contributed by atoms with Gasteiger partial charge in [0.25, 0.3) is 0 Å². The van der Waals surface area contributed by atoms with Crippen LogP contribution in [0.15, 0.2) is 189 Å². The largest absolute Gasteiger partial charge is 0.456 e. The van der Waals surface area contributed by atoms with E-state index in [-0.39, 0.29) is 27.6 Å². The molecule has 4 aliphatic rings. The molecular weight excluding hydrogens is 1240 g/mol. The molecule has 0 saturated heterocycles. The molecule has 4 aliphatic carbocycles. The van der Waals surface area contributed by atoms with Gasteiger partial charge in [-0.05, 0) is 187 Å². The van der Waals surface area contributed by atoms with Crippen LogP contribution in [-0.2, 0) is 28.1 Å². The van der Waals surface area contributed by atoms with E-state index >= 15 is 0 Å². The summed E-state index contributed by atoms with van der Waals surface area (Å²) in [7, 11) is 0. The highest BCUT2D eigenvalue weighted by Crippen LogP contribution is 2.68. The van der Waals surface area contributed by atoms with Gasteiger partial charge in [0.2, 0.25) is 0 Å². The molecule has 3 aromatic heterocycles. The summed E-state index contributed by atoms with van der Waals surface area (Å²) in [4.78, 5) is 0. The Kier molecular flexibility index (Phi) is 17.7. The maximum atomic E-state index is 7.65. The molecule has 0 amide bonds. The summed E-state index contributed by atoms with van der Waals surface area (Å²) in [6.07, 6.45) is 32.0. The third-order valence-electron chi connectivity index (χ3n) is 26.1. The molecule has 0 saturated carbocycles. The number of hydrogen-bond acceptors (Lipinski definition) is 3. The molecule has 3 nitrogen and oxygen atoms in total. The maximum Gasteiger partial charge on any atom is 0.144 e. The Morgan fingerprint density at radius 1 is 0.304 bits per heavy atom. The molecule has 17 rings (SSSR count). The van der Waals surface area contributed by atoms with Crippen molar-refractivity contribution in [2.24, 2.45) is 0 Å². The van der Waals surface area contributed by atoms with Crippen molar-refractivity contribution in [2.45, 2.75) is 250 Å². The highest BCUT2D eigenvalue weighted by molar-refractivity contribution is 6.21. The van der Waals surface area contributed by atoms with E-state index in [1.165, 1.54) is 257 Å². The summed E-state index contributed by atoms with van der Waals surface area (Å²) in [5, 5.41) is 7.45. The monoisotopic (exact) mass is 1340 g/mol. The fourth-order valence-corrected chi connectivity index (χ4v) is 20.9. The summed E-state index contributed by atoms with van der Waals surface area (Å²) >= 11 is 0. The molecule has 3 heterocycles. The van der Waals surface area contributed by atoms with Crippen molar-refractivity contribution >= 4 is 65.8 Å². The van der Waals surface area contributed by atoms with E-state index in [0.29, 0.717) is 0 Å². The Hall–Kier alpha value is -8.40. The van der Waals surface area contributed by atoms with Crippen LogP contribution in [0.25, 0.3) is 110 Å². The van der Waals surface area contributed by atoms with Crippen molar-refractivity contribution in [1.29, 1.82) is 0 Å². The number of furan rings is 3. The van der Waals surface area contributed by atoms with Crippen LogP contribution in [0.4, 0.5) is 0 Å². The van der Waals surface area contributed by atoms with Crippen LogP contribution >= 0.6 is 0 Å². The van der Waals surface area contributed by atoms with Crippen molar-refractivity contribution in [2.75, 3.05) is 0 Å². The third kappa shape index (κ3) is 10.7. The smallest absolute Gasteiger partial charge is 0.144 e. The molecule has 0 fully saturated rings. The Bertz CT molecular complexity index is 5310. The summed E-state index contributed by atoms with van der Waals surface area (Å²) in [6, 6.07) is 68.9. The molecule has 3 heteroatoms. The molecule has 13 aromatic rings. The summed E-state index contributed by atoms with van der Waals surface area (Å²) in [5.41, 5.74) is 32.9. The predicted octanol–water partition coefficient (Wildman–Crippen LogP) is 29.7. The van der Waals surface area contributed by atoms with Crippen LogP contribution in [-0.4, -0.2) is 0 Å². The minimum atomic E-state index is -0.223. The van der Waals surface area contributed by atoms with Crippen LogP contribution in [0.1, 0.15) is 283 Å². The quantitative estimate of drug-likeness (QED) is 0.0439. The van der Waals surface area contributed by atoms with Gasteiger partial charge in [0.1, 0.15) is 33.5 Å². The minimum absolute atomic E-state index is 0.106. The zero-order valence-corrected chi connectivity index (χ0v) is 62.4. The molecule has 520 valence electrons. The Labute approximate surface area is 606 Å². The molecule has 0 radical (unpaired) electrons. The molecule has 1 unspecified atom stereocenters. The highest BCUT2D eigenvalue weighted by atomic mass is 16.3. The van der Waals surface area contributed by atoms with Crippen molar-refractivity contribution in [1.82, 2.24) is 0 Å². The van der Waals surface area contributed by atoms with E-state index in [0.717, 1.165) is 59.2 Å². The number of rotatable bonds is 29. The topological polar surface area (TPSA) is 39.4 Å². The summed E-state index contributed by atoms with van der Waals surface area (Å²) in [6.45, 7) is 19.3. The van der Waals surface area contributed by atoms with Crippen molar-refractivity contribution in [3.05, 3.63) is 237 Å². The predicted molar refractivity (Wildman–Crippen MR) is 432 cm³/mol. The first kappa shape index (κ1) is 66.8. The van der Waals surface area contributed by atoms with E-state index in [2.05, 4.69) is 231 Å². The second-order valence-electron chi connectivity index (χ2n) is 33.0. The van der Waals surface area contributed by atoms with E-state index in [4.69, 9.17) is 13.3 Å². The average molecular weight is 1340 g/mol. The number of fused-ring (bicyclic) bond motifs is 25. The lowest BCUT2D eigenvalue weighted by Crippen LogP contribution is -2.33. The molecular formula is C99H106O3. The van der Waals surface area contributed by atoms with Crippen molar-refractivity contribution in [3.63, 3.8) is 0 Å². The Morgan fingerprint density at radius 2 is 0.775 bits per heavy atom. The highest BCUT2D eigenvalue weighted by Gasteiger charge is 2.54. The SMILES string of the molecule is CCCCCCCC1(CCCCCCC)c2cc(C(CCc3ccc4c(c3)C(C)(C)c3cc5c(cc3-4)C(C)(C)c3ccc4oc6ccccc6c4c3-5)c3ccc4oc5ccccc5c4c3)ccc2-c2c1c1c(c3c2oc2ccccc23)-c2ccccc2C1(CCCCCCC)CCCCCCC. The number of aryl methyl sites for hydroxylation is 1. The van der Waals surface area contributed by atoms with E-state index in [1.807, 2.05) is 0 Å². The van der Waals surface area contributed by atoms with Gasteiger partial charge in [-0.3, -0.25) is 0 Å². The zero-order chi connectivity index (χ0) is 69.5. The van der Waals surface area contributed by atoms with Crippen molar-refractivity contribution in [3.8, 4) is 44.5 Å². The normalized spacial score (nSPS) is 15.6. The molecule has 0 spiro atoms. The van der Waals surface area contributed by atoms with Gasteiger partial charge in [0.05, 0.1) is 0 Å². The van der Waals surface area contributed by atoms with Gasteiger partial charge in [-0.25, -0.2) is 0 Å². The second-order valence-corrected chi connectivity index (χ2v) is 33.0. The molecule has 102 heavy (non-hydrogen) atoms. The number of unbranched alkanes of at least 4 members (excludes halogenated alkanes) is 16. The van der Waals surface area contributed by atoms with Gasteiger partial charge in [-0.1, -0.05) is 311 Å². The molecule has 10 aromatic carbocycles. The first-order valence-corrected chi connectivity index (χ1v) is 40.4. The van der Waals surface area contributed by atoms with Crippen LogP contribution in [0.3, 0.4) is 0 Å². The average Bonchev–Trinajstić information content (AvgIpc) is 1.50. The van der Waals surface area contributed by atoms with Gasteiger partial charge in [-0.2, -0.15) is 0 Å². The van der Waals surface area contributed by atoms with Gasteiger partial charge < -0.3 is 13.3 Å². The fraction of sp³-hybridized carbons (Fsp3) is 0.394. The summed E-state index contributed by atoms with van der Waals surface area (Å²) < 4.78 is 20.9. The lowest BCUT2D eigenvalue weighted by atomic mass is 9.62. The zero-order valence-electron chi connectivity index (χ0n) is 62.4. The van der Waals surface area contributed by atoms with E-state index < -0.39 is 0 Å². The molecule has 0 bridgehead atoms. The Balaban J connectivity index is 0.838. The van der Waals surface area contributed by atoms with Crippen molar-refractivity contribution < 1.29 is 13.3 Å². The van der Waals surface area contributed by atoms with Gasteiger partial charge in [-0.15, -0.1) is 0 Å². The minimum Gasteiger partial charge on any atom is -0.456 e. The van der Waals surface area contributed by atoms with Crippen LogP contribution in [0, 0.1) is 0 Å². The van der Waals surface area contributed by atoms with Crippen LogP contribution in [0.2, 0.25) is 0 Å². The van der Waals surface area contributed by atoms with Crippen LogP contribution < -0.4 is 0 Å². The molecule has 1 atom stereocenters. The van der Waals surface area contributed by atoms with E-state index in [9.17, 15) is 0 Å². The lowest BCUT2D eigenvalue weighted by molar-refractivity contribution is 0.368. The number of benzene rings is 10. The first-order valence-electron chi connectivity index (χ1n) is 40.4. The standard InChI is InChI=1S/C99H106O3/c1-9-13-17-21-33-55-98(56-34-22-18-14-10-2)77-41-29-25-38-70(77)90-91-73-40-28-32-44-85(73)102-95(91)92-71-51-47-66(61-82(71)99(94(92)93(90)98,57-35-23-19-15-11-3)58-36-24-20-16-12-4)67(65-48-53-86-75(60-65)69-37-26-30-42-83(69)100-86)49-45-64-46-50-68-74-62-81-76(63-80(74)97(7,8)79(68)59-64)88-78(96(81,5)6)52-54-87-89(88)72-39-27-31-43-84(72)101-87/h25-32,37-44,46-48,50-54,59-63,67H,9-24,33-36,45,49,55-58H2,1-8H3. The maximum absolute atomic E-state index is 7.65.